The maximum absolute atomic E-state index is 11.4. The van der Waals surface area contributed by atoms with Crippen molar-refractivity contribution in [2.45, 2.75) is 6.04 Å². The predicted octanol–water partition coefficient (Wildman–Crippen LogP) is 1.10. The summed E-state index contributed by atoms with van der Waals surface area (Å²) in [5.41, 5.74) is 0. The number of ether oxygens (including phenoxy) is 2. The minimum atomic E-state index is -3.18. The van der Waals surface area contributed by atoms with Gasteiger partial charge in [0, 0.05) is 5.41 Å². The molecule has 0 saturated carbocycles. The number of carbonyl (C=O) groups is 1. The first-order valence-corrected chi connectivity index (χ1v) is 7.79. The monoisotopic (exact) mass is 297 g/mol. The SMILES string of the molecule is O=C(NC1C=CS(=O)(=O)C1)OCCOc1ccccc1. The van der Waals surface area contributed by atoms with Crippen LogP contribution in [-0.2, 0) is 14.6 Å². The lowest BCUT2D eigenvalue weighted by Crippen LogP contribution is -2.36. The van der Waals surface area contributed by atoms with Gasteiger partial charge in [0.1, 0.15) is 19.0 Å². The fraction of sp³-hybridized carbons (Fsp3) is 0.308. The molecule has 0 saturated heterocycles. The number of hydrogen-bond donors (Lipinski definition) is 1. The van der Waals surface area contributed by atoms with Gasteiger partial charge in [-0.1, -0.05) is 18.2 Å². The highest BCUT2D eigenvalue weighted by Crippen LogP contribution is 2.08. The van der Waals surface area contributed by atoms with Gasteiger partial charge in [0.25, 0.3) is 0 Å². The van der Waals surface area contributed by atoms with Gasteiger partial charge in [-0.2, -0.15) is 0 Å². The topological polar surface area (TPSA) is 81.7 Å². The smallest absolute Gasteiger partial charge is 0.407 e. The van der Waals surface area contributed by atoms with Gasteiger partial charge in [0.05, 0.1) is 11.8 Å². The van der Waals surface area contributed by atoms with Crippen molar-refractivity contribution in [3.05, 3.63) is 41.8 Å². The standard InChI is InChI=1S/C13H15NO5S/c15-13(14-11-6-9-20(16,17)10-11)19-8-7-18-12-4-2-1-3-5-12/h1-6,9,11H,7-8,10H2,(H,14,15). The van der Waals surface area contributed by atoms with E-state index in [0.717, 1.165) is 5.41 Å². The fourth-order valence-corrected chi connectivity index (χ4v) is 2.90. The van der Waals surface area contributed by atoms with Crippen molar-refractivity contribution >= 4 is 15.9 Å². The van der Waals surface area contributed by atoms with Gasteiger partial charge in [0.15, 0.2) is 9.84 Å². The summed E-state index contributed by atoms with van der Waals surface area (Å²) in [6.07, 6.45) is 0.769. The highest BCUT2D eigenvalue weighted by Gasteiger charge is 2.23. The van der Waals surface area contributed by atoms with E-state index in [1.807, 2.05) is 18.2 Å². The normalized spacial score (nSPS) is 19.5. The summed E-state index contributed by atoms with van der Waals surface area (Å²) in [6.45, 7) is 0.320. The largest absolute Gasteiger partial charge is 0.490 e. The highest BCUT2D eigenvalue weighted by atomic mass is 32.2. The predicted molar refractivity (Wildman–Crippen MR) is 73.1 cm³/mol. The lowest BCUT2D eigenvalue weighted by molar-refractivity contribution is 0.124. The van der Waals surface area contributed by atoms with Gasteiger partial charge in [0.2, 0.25) is 0 Å². The zero-order valence-electron chi connectivity index (χ0n) is 10.7. The van der Waals surface area contributed by atoms with E-state index in [9.17, 15) is 13.2 Å². The van der Waals surface area contributed by atoms with E-state index < -0.39 is 22.0 Å². The van der Waals surface area contributed by atoms with E-state index in [0.29, 0.717) is 5.75 Å². The van der Waals surface area contributed by atoms with Gasteiger partial charge in [-0.3, -0.25) is 0 Å². The Balaban J connectivity index is 1.63. The molecular formula is C13H15NO5S. The summed E-state index contributed by atoms with van der Waals surface area (Å²) in [5.74, 6) is 0.573. The van der Waals surface area contributed by atoms with E-state index in [1.165, 1.54) is 6.08 Å². The van der Waals surface area contributed by atoms with E-state index >= 15 is 0 Å². The number of hydrogen-bond acceptors (Lipinski definition) is 5. The van der Waals surface area contributed by atoms with Crippen LogP contribution < -0.4 is 10.1 Å². The van der Waals surface area contributed by atoms with Crippen LogP contribution in [-0.4, -0.2) is 39.5 Å². The Morgan fingerprint density at radius 3 is 2.65 bits per heavy atom. The van der Waals surface area contributed by atoms with Crippen LogP contribution in [0.15, 0.2) is 41.8 Å². The van der Waals surface area contributed by atoms with Crippen molar-refractivity contribution in [2.24, 2.45) is 0 Å². The van der Waals surface area contributed by atoms with Gasteiger partial charge in [-0.05, 0) is 18.2 Å². The maximum Gasteiger partial charge on any atom is 0.407 e. The third kappa shape index (κ3) is 4.58. The molecule has 0 aliphatic carbocycles. The number of rotatable bonds is 5. The molecule has 1 atom stereocenters. The minimum absolute atomic E-state index is 0.0872. The maximum atomic E-state index is 11.4. The molecule has 1 heterocycles. The molecule has 0 fully saturated rings. The van der Waals surface area contributed by atoms with Crippen molar-refractivity contribution in [1.82, 2.24) is 5.32 Å². The van der Waals surface area contributed by atoms with Crippen LogP contribution in [0.2, 0.25) is 0 Å². The molecule has 0 aromatic heterocycles. The second-order valence-electron chi connectivity index (χ2n) is 4.21. The molecule has 20 heavy (non-hydrogen) atoms. The zero-order chi connectivity index (χ0) is 14.4. The molecule has 1 aliphatic heterocycles. The molecule has 1 aliphatic rings. The Bertz CT molecular complexity index is 582. The third-order valence-corrected chi connectivity index (χ3v) is 3.96. The number of amides is 1. The Morgan fingerprint density at radius 2 is 2.00 bits per heavy atom. The summed E-state index contributed by atoms with van der Waals surface area (Å²) < 4.78 is 32.5. The van der Waals surface area contributed by atoms with Crippen molar-refractivity contribution in [3.63, 3.8) is 0 Å². The molecule has 2 rings (SSSR count). The van der Waals surface area contributed by atoms with E-state index in [2.05, 4.69) is 5.32 Å². The average molecular weight is 297 g/mol. The van der Waals surface area contributed by atoms with Gasteiger partial charge in [-0.25, -0.2) is 13.2 Å². The molecule has 7 heteroatoms. The van der Waals surface area contributed by atoms with Crippen LogP contribution in [0.3, 0.4) is 0 Å². The molecule has 0 spiro atoms. The molecule has 1 N–H and O–H groups in total. The molecule has 108 valence electrons. The molecule has 0 bridgehead atoms. The van der Waals surface area contributed by atoms with E-state index in [1.54, 1.807) is 12.1 Å². The van der Waals surface area contributed by atoms with Crippen molar-refractivity contribution in [2.75, 3.05) is 19.0 Å². The first-order chi connectivity index (χ1) is 9.55. The van der Waals surface area contributed by atoms with Crippen LogP contribution in [0.25, 0.3) is 0 Å². The van der Waals surface area contributed by atoms with Crippen molar-refractivity contribution in [3.8, 4) is 5.75 Å². The molecule has 1 aromatic rings. The Labute approximate surface area is 117 Å². The number of nitrogens with one attached hydrogen (secondary N) is 1. The van der Waals surface area contributed by atoms with Crippen LogP contribution >= 0.6 is 0 Å². The van der Waals surface area contributed by atoms with Gasteiger partial charge >= 0.3 is 6.09 Å². The van der Waals surface area contributed by atoms with Gasteiger partial charge < -0.3 is 14.8 Å². The number of alkyl carbamates (subject to hydrolysis) is 1. The minimum Gasteiger partial charge on any atom is -0.490 e. The van der Waals surface area contributed by atoms with E-state index in [-0.39, 0.29) is 19.0 Å². The van der Waals surface area contributed by atoms with Crippen LogP contribution in [0, 0.1) is 0 Å². The Hall–Kier alpha value is -2.02. The number of sulfone groups is 1. The van der Waals surface area contributed by atoms with Crippen LogP contribution in [0.4, 0.5) is 4.79 Å². The summed E-state index contributed by atoms with van der Waals surface area (Å²) in [5, 5.41) is 3.54. The molecule has 6 nitrogen and oxygen atoms in total. The fourth-order valence-electron chi connectivity index (χ4n) is 1.67. The molecular weight excluding hydrogens is 282 g/mol. The first kappa shape index (κ1) is 14.4. The lowest BCUT2D eigenvalue weighted by Gasteiger charge is -2.11. The average Bonchev–Trinajstić information content (AvgIpc) is 2.75. The molecule has 1 amide bonds. The summed E-state index contributed by atoms with van der Waals surface area (Å²) in [4.78, 5) is 11.4. The number of carbonyl (C=O) groups excluding carboxylic acids is 1. The van der Waals surface area contributed by atoms with Crippen molar-refractivity contribution in [1.29, 1.82) is 0 Å². The lowest BCUT2D eigenvalue weighted by atomic mass is 10.3. The summed E-state index contributed by atoms with van der Waals surface area (Å²) >= 11 is 0. The van der Waals surface area contributed by atoms with Crippen LogP contribution in [0.5, 0.6) is 5.75 Å². The Kier molecular flexibility index (Phi) is 4.62. The van der Waals surface area contributed by atoms with Crippen molar-refractivity contribution < 1.29 is 22.7 Å². The van der Waals surface area contributed by atoms with Crippen LogP contribution in [0.1, 0.15) is 0 Å². The first-order valence-electron chi connectivity index (χ1n) is 6.07. The summed E-state index contributed by atoms with van der Waals surface area (Å²) in [7, 11) is -3.18. The molecule has 0 radical (unpaired) electrons. The van der Waals surface area contributed by atoms with Gasteiger partial charge in [-0.15, -0.1) is 0 Å². The second-order valence-corrected chi connectivity index (χ2v) is 6.14. The number of benzene rings is 1. The molecule has 1 aromatic carbocycles. The second kappa shape index (κ2) is 6.42. The quantitative estimate of drug-likeness (QED) is 0.823. The Morgan fingerprint density at radius 1 is 1.25 bits per heavy atom. The summed E-state index contributed by atoms with van der Waals surface area (Å²) in [6, 6.07) is 8.64. The van der Waals surface area contributed by atoms with E-state index in [4.69, 9.17) is 9.47 Å². The number of para-hydroxylation sites is 1. The highest BCUT2D eigenvalue weighted by molar-refractivity contribution is 7.94. The molecule has 1 unspecified atom stereocenters. The zero-order valence-corrected chi connectivity index (χ0v) is 11.5. The third-order valence-electron chi connectivity index (χ3n) is 2.56.